The van der Waals surface area contributed by atoms with Gasteiger partial charge in [-0.25, -0.2) is 9.97 Å². The molecule has 1 aromatic carbocycles. The molecule has 4 rings (SSSR count). The number of H-pyrrole nitrogens is 1. The van der Waals surface area contributed by atoms with E-state index in [4.69, 9.17) is 11.6 Å². The van der Waals surface area contributed by atoms with Crippen molar-refractivity contribution in [3.8, 4) is 0 Å². The Balaban J connectivity index is 0.00000240. The Labute approximate surface area is 190 Å². The number of carbonyl (C=O) groups excluding carboxylic acids is 1. The first-order chi connectivity index (χ1) is 13.3. The molecule has 0 saturated carbocycles. The molecule has 9 heteroatoms. The van der Waals surface area contributed by atoms with Gasteiger partial charge in [0, 0.05) is 22.8 Å². The van der Waals surface area contributed by atoms with Crippen molar-refractivity contribution in [2.45, 2.75) is 32.9 Å². The number of rotatable bonds is 3. The van der Waals surface area contributed by atoms with Gasteiger partial charge in [-0.1, -0.05) is 17.7 Å². The molecule has 0 saturated heterocycles. The SMILES string of the molecule is Cc1ccc(Cl)cc1N1C(=O)c2nc(Br)n(C(C)C)c2C1c1ccc(Br)c[nH+]1.[OH-]. The monoisotopic (exact) mass is 540 g/mol. The van der Waals surface area contributed by atoms with Crippen LogP contribution in [0.25, 0.3) is 0 Å². The maximum atomic E-state index is 13.5. The number of halogens is 3. The molecule has 0 fully saturated rings. The predicted molar refractivity (Wildman–Crippen MR) is 118 cm³/mol. The van der Waals surface area contributed by atoms with E-state index in [9.17, 15) is 4.79 Å². The van der Waals surface area contributed by atoms with Gasteiger partial charge in [0.25, 0.3) is 5.91 Å². The number of anilines is 1. The summed E-state index contributed by atoms with van der Waals surface area (Å²) < 4.78 is 3.66. The summed E-state index contributed by atoms with van der Waals surface area (Å²) in [6.45, 7) is 6.13. The van der Waals surface area contributed by atoms with Gasteiger partial charge in [0.15, 0.2) is 22.7 Å². The van der Waals surface area contributed by atoms with E-state index in [0.717, 1.165) is 27.1 Å². The van der Waals surface area contributed by atoms with Crippen molar-refractivity contribution in [2.75, 3.05) is 4.90 Å². The lowest BCUT2D eigenvalue weighted by atomic mass is 10.1. The third kappa shape index (κ3) is 3.63. The number of nitrogens with one attached hydrogen (secondary N) is 1. The molecule has 1 aliphatic rings. The highest BCUT2D eigenvalue weighted by molar-refractivity contribution is 9.10. The van der Waals surface area contributed by atoms with Gasteiger partial charge in [-0.2, -0.15) is 0 Å². The van der Waals surface area contributed by atoms with E-state index in [1.54, 1.807) is 4.90 Å². The quantitative estimate of drug-likeness (QED) is 0.448. The summed E-state index contributed by atoms with van der Waals surface area (Å²) in [7, 11) is 0. The van der Waals surface area contributed by atoms with Crippen LogP contribution in [0.3, 0.4) is 0 Å². The number of nitrogens with zero attached hydrogens (tertiary/aromatic N) is 3. The summed E-state index contributed by atoms with van der Waals surface area (Å²) in [5.74, 6) is -0.137. The van der Waals surface area contributed by atoms with E-state index in [2.05, 4.69) is 60.2 Å². The maximum absolute atomic E-state index is 13.5. The van der Waals surface area contributed by atoms with E-state index in [0.29, 0.717) is 15.5 Å². The molecule has 6 nitrogen and oxygen atoms in total. The molecule has 2 aromatic heterocycles. The topological polar surface area (TPSA) is 82.3 Å². The molecule has 1 atom stereocenters. The van der Waals surface area contributed by atoms with Crippen molar-refractivity contribution in [2.24, 2.45) is 0 Å². The minimum atomic E-state index is -0.339. The van der Waals surface area contributed by atoms with E-state index in [1.807, 2.05) is 43.5 Å². The zero-order valence-corrected chi connectivity index (χ0v) is 19.9. The summed E-state index contributed by atoms with van der Waals surface area (Å²) in [6.07, 6.45) is 1.87. The van der Waals surface area contributed by atoms with Crippen molar-refractivity contribution < 1.29 is 15.3 Å². The Kier molecular flexibility index (Phi) is 6.19. The molecular weight excluding hydrogens is 524 g/mol. The summed E-state index contributed by atoms with van der Waals surface area (Å²) >= 11 is 13.3. The van der Waals surface area contributed by atoms with Crippen LogP contribution in [-0.4, -0.2) is 20.9 Å². The fraction of sp³-hybridized carbons (Fsp3) is 0.250. The number of pyridine rings is 1. The maximum Gasteiger partial charge on any atom is 0.280 e. The number of carbonyl (C=O) groups is 1. The van der Waals surface area contributed by atoms with Crippen molar-refractivity contribution in [3.05, 3.63) is 73.4 Å². The van der Waals surface area contributed by atoms with Gasteiger partial charge in [-0.15, -0.1) is 0 Å². The highest BCUT2D eigenvalue weighted by atomic mass is 79.9. The van der Waals surface area contributed by atoms with Gasteiger partial charge in [-0.05, 0) is 76.4 Å². The van der Waals surface area contributed by atoms with Gasteiger partial charge in [-0.3, -0.25) is 9.69 Å². The largest absolute Gasteiger partial charge is 0.870 e. The number of aryl methyl sites for hydroxylation is 1. The number of amides is 1. The van der Waals surface area contributed by atoms with Crippen molar-refractivity contribution in [3.63, 3.8) is 0 Å². The molecule has 0 spiro atoms. The second kappa shape index (κ2) is 8.18. The average Bonchev–Trinajstić information content (AvgIpc) is 3.11. The van der Waals surface area contributed by atoms with Crippen molar-refractivity contribution in [1.82, 2.24) is 9.55 Å². The van der Waals surface area contributed by atoms with Crippen LogP contribution in [0.2, 0.25) is 5.02 Å². The lowest BCUT2D eigenvalue weighted by Crippen LogP contribution is -2.34. The Hall–Kier alpha value is -1.74. The van der Waals surface area contributed by atoms with Crippen LogP contribution in [0.5, 0.6) is 0 Å². The minimum absolute atomic E-state index is 0. The number of imidazole rings is 1. The van der Waals surface area contributed by atoms with E-state index < -0.39 is 0 Å². The molecule has 0 radical (unpaired) electrons. The second-order valence-corrected chi connectivity index (χ2v) is 9.11. The molecule has 0 aliphatic carbocycles. The number of hydrogen-bond donors (Lipinski definition) is 0. The molecule has 3 heterocycles. The molecule has 0 bridgehead atoms. The van der Waals surface area contributed by atoms with Crippen LogP contribution in [0.1, 0.15) is 53.4 Å². The summed E-state index contributed by atoms with van der Waals surface area (Å²) in [5.41, 5.74) is 3.97. The van der Waals surface area contributed by atoms with Gasteiger partial charge in [0.1, 0.15) is 0 Å². The van der Waals surface area contributed by atoms with Crippen LogP contribution in [0, 0.1) is 6.92 Å². The number of benzene rings is 1. The number of fused-ring (bicyclic) bond motifs is 1. The van der Waals surface area contributed by atoms with Crippen LogP contribution in [0.4, 0.5) is 5.69 Å². The number of hydrogen-bond acceptors (Lipinski definition) is 3. The Bertz CT molecular complexity index is 1080. The minimum Gasteiger partial charge on any atom is -0.870 e. The van der Waals surface area contributed by atoms with Gasteiger partial charge in [0.2, 0.25) is 5.69 Å². The standard InChI is InChI=1S/C20H17Br2ClN4O.H2O/c1-10(2)26-18-16(25-20(26)22)19(28)27(15-8-13(23)6-4-11(15)3)17(18)14-7-5-12(21)9-24-14;/h4-10,17H,1-3H3;1H2. The van der Waals surface area contributed by atoms with Crippen LogP contribution >= 0.6 is 43.5 Å². The zero-order valence-electron chi connectivity index (χ0n) is 15.9. The smallest absolute Gasteiger partial charge is 0.280 e. The van der Waals surface area contributed by atoms with Gasteiger partial charge in [0.05, 0.1) is 10.2 Å². The zero-order chi connectivity index (χ0) is 20.2. The van der Waals surface area contributed by atoms with E-state index in [1.165, 1.54) is 0 Å². The second-order valence-electron chi connectivity index (χ2n) is 7.05. The molecule has 1 unspecified atom stereocenters. The average molecular weight is 543 g/mol. The van der Waals surface area contributed by atoms with Crippen LogP contribution < -0.4 is 9.88 Å². The highest BCUT2D eigenvalue weighted by Gasteiger charge is 2.47. The van der Waals surface area contributed by atoms with Crippen LogP contribution in [-0.2, 0) is 0 Å². The summed E-state index contributed by atoms with van der Waals surface area (Å²) in [5, 5.41) is 0.587. The van der Waals surface area contributed by atoms with Gasteiger partial charge >= 0.3 is 0 Å². The fourth-order valence-corrected chi connectivity index (χ4v) is 4.84. The van der Waals surface area contributed by atoms with E-state index in [-0.39, 0.29) is 23.5 Å². The molecule has 1 aliphatic heterocycles. The molecular formula is C20H19Br2ClN4O2. The Morgan fingerprint density at radius 1 is 1.21 bits per heavy atom. The van der Waals surface area contributed by atoms with Crippen molar-refractivity contribution >= 4 is 55.1 Å². The molecule has 29 heavy (non-hydrogen) atoms. The van der Waals surface area contributed by atoms with Crippen LogP contribution in [0.15, 0.2) is 45.7 Å². The van der Waals surface area contributed by atoms with Gasteiger partial charge < -0.3 is 10.0 Å². The summed E-state index contributed by atoms with van der Waals surface area (Å²) in [4.78, 5) is 23.1. The fourth-order valence-electron chi connectivity index (χ4n) is 3.65. The molecule has 1 amide bonds. The lowest BCUT2D eigenvalue weighted by molar-refractivity contribution is -0.392. The summed E-state index contributed by atoms with van der Waals surface area (Å²) in [6, 6.07) is 9.33. The number of aromatic nitrogens is 3. The lowest BCUT2D eigenvalue weighted by Gasteiger charge is -2.26. The normalized spacial score (nSPS) is 15.6. The number of aromatic amines is 1. The Morgan fingerprint density at radius 3 is 2.55 bits per heavy atom. The highest BCUT2D eigenvalue weighted by Crippen LogP contribution is 2.44. The molecule has 3 aromatic rings. The van der Waals surface area contributed by atoms with Crippen molar-refractivity contribution in [1.29, 1.82) is 0 Å². The first-order valence-corrected chi connectivity index (χ1v) is 10.8. The third-order valence-corrected chi connectivity index (χ3v) is 6.17. The molecule has 2 N–H and O–H groups in total. The molecule has 152 valence electrons. The first-order valence-electron chi connectivity index (χ1n) is 8.84. The predicted octanol–water partition coefficient (Wildman–Crippen LogP) is 5.34. The first kappa shape index (κ1) is 22.0. The van der Waals surface area contributed by atoms with E-state index >= 15 is 0 Å². The Morgan fingerprint density at radius 2 is 1.93 bits per heavy atom. The third-order valence-electron chi connectivity index (χ3n) is 4.88.